The number of nitrogens with one attached hydrogen (secondary N) is 2. The van der Waals surface area contributed by atoms with Gasteiger partial charge in [0.15, 0.2) is 0 Å². The number of hydrogen-bond donors (Lipinski definition) is 3. The molecule has 2 heterocycles. The Kier molecular flexibility index (Phi) is 7.18. The summed E-state index contributed by atoms with van der Waals surface area (Å²) in [4.78, 5) is 28.1. The number of carbonyl (C=O) groups excluding carboxylic acids is 2. The van der Waals surface area contributed by atoms with Crippen LogP contribution in [0.2, 0.25) is 0 Å². The van der Waals surface area contributed by atoms with E-state index in [0.717, 1.165) is 37.7 Å². The van der Waals surface area contributed by atoms with Crippen LogP contribution in [0.4, 0.5) is 0 Å². The fraction of sp³-hybridized carbons (Fsp3) is 0.650. The van der Waals surface area contributed by atoms with Crippen molar-refractivity contribution >= 4 is 11.8 Å². The molecule has 2 amide bonds. The quantitative estimate of drug-likeness (QED) is 0.628. The summed E-state index contributed by atoms with van der Waals surface area (Å²) in [5.41, 5.74) is 0.932. The van der Waals surface area contributed by atoms with Crippen molar-refractivity contribution < 1.29 is 19.4 Å². The summed E-state index contributed by atoms with van der Waals surface area (Å²) in [7, 11) is 0. The normalized spacial score (nSPS) is 25.4. The number of hydrogen-bond acceptors (Lipinski definition) is 5. The summed E-state index contributed by atoms with van der Waals surface area (Å²) in [5, 5.41) is 15.6. The molecule has 2 fully saturated rings. The number of rotatable bonds is 8. The van der Waals surface area contributed by atoms with Gasteiger partial charge in [0.1, 0.15) is 6.10 Å². The Labute approximate surface area is 159 Å². The number of ether oxygens (including phenoxy) is 1. The first-order valence-electron chi connectivity index (χ1n) is 9.88. The van der Waals surface area contributed by atoms with E-state index >= 15 is 0 Å². The zero-order chi connectivity index (χ0) is 19.1. The molecule has 0 bridgehead atoms. The van der Waals surface area contributed by atoms with Crippen LogP contribution in [0.5, 0.6) is 0 Å². The van der Waals surface area contributed by atoms with Crippen LogP contribution < -0.4 is 10.6 Å². The zero-order valence-corrected chi connectivity index (χ0v) is 15.6. The smallest absolute Gasteiger partial charge is 0.224 e. The van der Waals surface area contributed by atoms with E-state index in [1.54, 1.807) is 12.4 Å². The van der Waals surface area contributed by atoms with E-state index in [1.807, 2.05) is 12.1 Å². The van der Waals surface area contributed by atoms with Crippen LogP contribution in [0.25, 0.3) is 0 Å². The Morgan fingerprint density at radius 1 is 1.19 bits per heavy atom. The van der Waals surface area contributed by atoms with Gasteiger partial charge in [0.25, 0.3) is 0 Å². The summed E-state index contributed by atoms with van der Waals surface area (Å²) in [6.07, 6.45) is 8.64. The van der Waals surface area contributed by atoms with Gasteiger partial charge in [-0.15, -0.1) is 0 Å². The van der Waals surface area contributed by atoms with E-state index in [1.165, 1.54) is 0 Å². The molecule has 3 rings (SSSR count). The first kappa shape index (κ1) is 19.8. The maximum Gasteiger partial charge on any atom is 0.224 e. The third-order valence-electron chi connectivity index (χ3n) is 5.50. The van der Waals surface area contributed by atoms with Crippen molar-refractivity contribution in [3.05, 3.63) is 30.1 Å². The van der Waals surface area contributed by atoms with Crippen LogP contribution in [0.3, 0.4) is 0 Å². The van der Waals surface area contributed by atoms with Crippen molar-refractivity contribution in [1.82, 2.24) is 15.6 Å². The minimum absolute atomic E-state index is 0.0137. The Morgan fingerprint density at radius 3 is 2.63 bits per heavy atom. The zero-order valence-electron chi connectivity index (χ0n) is 15.6. The summed E-state index contributed by atoms with van der Waals surface area (Å²) >= 11 is 0. The number of aliphatic hydroxyl groups excluding tert-OH is 1. The predicted octanol–water partition coefficient (Wildman–Crippen LogP) is 0.955. The minimum Gasteiger partial charge on any atom is -0.394 e. The number of amides is 2. The second kappa shape index (κ2) is 9.80. The average Bonchev–Trinajstić information content (AvgIpc) is 2.62. The van der Waals surface area contributed by atoms with Gasteiger partial charge >= 0.3 is 0 Å². The first-order chi connectivity index (χ1) is 13.2. The number of nitrogens with zero attached hydrogens (tertiary/aromatic N) is 1. The standard InChI is InChI=1S/C20H29N3O4/c24-13-18-17(23-20(26)15-2-1-3-15)5-4-16(27-18)8-11-22-19(25)12-14-6-9-21-10-7-14/h6-7,9-10,15-18,24H,1-5,8,11-13H2,(H,22,25)(H,23,26)/t16-,17-,18+/m0/s1. The molecule has 1 aromatic rings. The molecule has 3 atom stereocenters. The fourth-order valence-corrected chi connectivity index (χ4v) is 3.60. The van der Waals surface area contributed by atoms with Crippen LogP contribution in [0.1, 0.15) is 44.1 Å². The van der Waals surface area contributed by atoms with Crippen LogP contribution in [0.15, 0.2) is 24.5 Å². The lowest BCUT2D eigenvalue weighted by molar-refractivity contribution is -0.134. The van der Waals surface area contributed by atoms with E-state index in [0.29, 0.717) is 19.4 Å². The van der Waals surface area contributed by atoms with E-state index < -0.39 is 0 Å². The maximum atomic E-state index is 12.1. The summed E-state index contributed by atoms with van der Waals surface area (Å²) in [6.45, 7) is 0.423. The minimum atomic E-state index is -0.375. The van der Waals surface area contributed by atoms with Gasteiger partial charge in [0.2, 0.25) is 11.8 Å². The molecule has 1 saturated carbocycles. The number of aliphatic hydroxyl groups is 1. The molecular formula is C20H29N3O4. The molecule has 0 spiro atoms. The van der Waals surface area contributed by atoms with Gasteiger partial charge < -0.3 is 20.5 Å². The highest BCUT2D eigenvalue weighted by atomic mass is 16.5. The average molecular weight is 375 g/mol. The van der Waals surface area contributed by atoms with Gasteiger partial charge in [-0.25, -0.2) is 0 Å². The first-order valence-corrected chi connectivity index (χ1v) is 9.88. The van der Waals surface area contributed by atoms with Gasteiger partial charge in [-0.05, 0) is 49.8 Å². The second-order valence-corrected chi connectivity index (χ2v) is 7.47. The van der Waals surface area contributed by atoms with Gasteiger partial charge in [-0.3, -0.25) is 14.6 Å². The van der Waals surface area contributed by atoms with Crippen LogP contribution in [0, 0.1) is 5.92 Å². The molecule has 3 N–H and O–H groups in total. The molecule has 7 heteroatoms. The Bertz CT molecular complexity index is 621. The van der Waals surface area contributed by atoms with Crippen molar-refractivity contribution in [3.8, 4) is 0 Å². The third-order valence-corrected chi connectivity index (χ3v) is 5.50. The van der Waals surface area contributed by atoms with E-state index in [9.17, 15) is 14.7 Å². The molecule has 1 aliphatic heterocycles. The lowest BCUT2D eigenvalue weighted by Crippen LogP contribution is -2.53. The summed E-state index contributed by atoms with van der Waals surface area (Å²) in [5.74, 6) is 0.203. The molecule has 27 heavy (non-hydrogen) atoms. The van der Waals surface area contributed by atoms with Gasteiger partial charge in [-0.2, -0.15) is 0 Å². The van der Waals surface area contributed by atoms with Crippen molar-refractivity contribution in [2.45, 2.75) is 63.2 Å². The molecule has 148 valence electrons. The molecule has 0 unspecified atom stereocenters. The second-order valence-electron chi connectivity index (χ2n) is 7.47. The Hall–Kier alpha value is -1.99. The lowest BCUT2D eigenvalue weighted by atomic mass is 9.84. The summed E-state index contributed by atoms with van der Waals surface area (Å²) < 4.78 is 5.96. The molecule has 7 nitrogen and oxygen atoms in total. The van der Waals surface area contributed by atoms with Crippen molar-refractivity contribution in [3.63, 3.8) is 0 Å². The predicted molar refractivity (Wildman–Crippen MR) is 99.8 cm³/mol. The molecule has 1 aliphatic carbocycles. The van der Waals surface area contributed by atoms with Crippen LogP contribution in [-0.4, -0.2) is 53.3 Å². The third kappa shape index (κ3) is 5.74. The van der Waals surface area contributed by atoms with E-state index in [4.69, 9.17) is 4.74 Å². The van der Waals surface area contributed by atoms with Crippen molar-refractivity contribution in [2.75, 3.05) is 13.2 Å². The van der Waals surface area contributed by atoms with Crippen LogP contribution in [-0.2, 0) is 20.7 Å². The molecule has 1 aromatic heterocycles. The number of aromatic nitrogens is 1. The topological polar surface area (TPSA) is 101 Å². The van der Waals surface area contributed by atoms with E-state index in [2.05, 4.69) is 15.6 Å². The fourth-order valence-electron chi connectivity index (χ4n) is 3.60. The number of pyridine rings is 1. The highest BCUT2D eigenvalue weighted by Crippen LogP contribution is 2.28. The molecule has 2 aliphatic rings. The summed E-state index contributed by atoms with van der Waals surface area (Å²) in [6, 6.07) is 3.53. The Balaban J connectivity index is 1.36. The highest BCUT2D eigenvalue weighted by Gasteiger charge is 2.34. The molecule has 0 radical (unpaired) electrons. The van der Waals surface area contributed by atoms with Crippen molar-refractivity contribution in [2.24, 2.45) is 5.92 Å². The largest absolute Gasteiger partial charge is 0.394 e. The monoisotopic (exact) mass is 375 g/mol. The van der Waals surface area contributed by atoms with E-state index in [-0.39, 0.29) is 42.6 Å². The number of carbonyl (C=O) groups is 2. The van der Waals surface area contributed by atoms with Gasteiger partial charge in [-0.1, -0.05) is 6.42 Å². The Morgan fingerprint density at radius 2 is 1.96 bits per heavy atom. The molecule has 1 saturated heterocycles. The van der Waals surface area contributed by atoms with Crippen molar-refractivity contribution in [1.29, 1.82) is 0 Å². The molecule has 0 aromatic carbocycles. The van der Waals surface area contributed by atoms with Gasteiger partial charge in [0, 0.05) is 24.9 Å². The van der Waals surface area contributed by atoms with Crippen LogP contribution >= 0.6 is 0 Å². The maximum absolute atomic E-state index is 12.1. The lowest BCUT2D eigenvalue weighted by Gasteiger charge is -2.37. The molecular weight excluding hydrogens is 346 g/mol. The SMILES string of the molecule is O=C(Cc1ccncc1)NCC[C@@H]1CC[C@H](NC(=O)C2CCC2)[C@@H](CO)O1. The highest BCUT2D eigenvalue weighted by molar-refractivity contribution is 5.79. The van der Waals surface area contributed by atoms with Gasteiger partial charge in [0.05, 0.1) is 25.2 Å².